The van der Waals surface area contributed by atoms with Gasteiger partial charge >= 0.3 is 0 Å². The average molecular weight is 398 g/mol. The van der Waals surface area contributed by atoms with Gasteiger partial charge in [-0.25, -0.2) is 12.7 Å². The van der Waals surface area contributed by atoms with Gasteiger partial charge in [-0.1, -0.05) is 5.16 Å². The molecule has 3 heterocycles. The second-order valence-corrected chi connectivity index (χ2v) is 9.21. The Morgan fingerprint density at radius 1 is 1.07 bits per heavy atom. The third-order valence-corrected chi connectivity index (χ3v) is 6.52. The predicted octanol–water partition coefficient (Wildman–Crippen LogP) is 0.329. The first-order valence-electron chi connectivity index (χ1n) is 9.22. The zero-order valence-corrected chi connectivity index (χ0v) is 16.6. The average Bonchev–Trinajstić information content (AvgIpc) is 2.92. The van der Waals surface area contributed by atoms with Gasteiger partial charge in [0.1, 0.15) is 5.76 Å². The molecule has 3 rings (SSSR count). The van der Waals surface area contributed by atoms with Crippen LogP contribution in [0.5, 0.6) is 0 Å². The van der Waals surface area contributed by atoms with E-state index in [1.54, 1.807) is 17.9 Å². The first-order chi connectivity index (χ1) is 12.8. The Balaban J connectivity index is 1.55. The molecule has 0 unspecified atom stereocenters. The number of aryl methyl sites for hydroxylation is 1. The number of sulfonamides is 1. The lowest BCUT2D eigenvalue weighted by molar-refractivity contribution is -0.136. The van der Waals surface area contributed by atoms with Gasteiger partial charge in [-0.05, 0) is 26.2 Å². The van der Waals surface area contributed by atoms with Crippen molar-refractivity contribution in [3.63, 3.8) is 0 Å². The van der Waals surface area contributed by atoms with Crippen molar-refractivity contribution in [2.24, 2.45) is 5.92 Å². The van der Waals surface area contributed by atoms with Crippen LogP contribution in [-0.4, -0.2) is 85.0 Å². The van der Waals surface area contributed by atoms with Crippen LogP contribution in [-0.2, 0) is 14.8 Å². The van der Waals surface area contributed by atoms with Gasteiger partial charge in [0, 0.05) is 51.3 Å². The highest BCUT2D eigenvalue weighted by Gasteiger charge is 2.32. The molecule has 1 aromatic heterocycles. The van der Waals surface area contributed by atoms with Crippen molar-refractivity contribution in [1.29, 1.82) is 0 Å². The Labute approximate surface area is 159 Å². The number of rotatable bonds is 3. The maximum atomic E-state index is 12.8. The van der Waals surface area contributed by atoms with E-state index in [2.05, 4.69) is 5.16 Å². The van der Waals surface area contributed by atoms with E-state index in [0.717, 1.165) is 0 Å². The molecule has 2 aliphatic rings. The van der Waals surface area contributed by atoms with Crippen molar-refractivity contribution >= 4 is 21.8 Å². The van der Waals surface area contributed by atoms with Crippen molar-refractivity contribution in [2.75, 3.05) is 45.5 Å². The molecular weight excluding hydrogens is 372 g/mol. The number of hydrogen-bond acceptors (Lipinski definition) is 6. The van der Waals surface area contributed by atoms with Gasteiger partial charge in [-0.15, -0.1) is 0 Å². The lowest BCUT2D eigenvalue weighted by Gasteiger charge is -2.32. The zero-order valence-electron chi connectivity index (χ0n) is 15.8. The highest BCUT2D eigenvalue weighted by atomic mass is 32.2. The molecule has 0 spiro atoms. The standard InChI is InChI=1S/C17H26N4O5S/c1-13-12-15(18-26-13)17(23)20-7-3-6-19(10-11-20)16(22)14-4-8-21(9-5-14)27(2,24)25/h12,14H,3-11H2,1-2H3. The van der Waals surface area contributed by atoms with E-state index >= 15 is 0 Å². The monoisotopic (exact) mass is 398 g/mol. The third-order valence-electron chi connectivity index (χ3n) is 5.21. The van der Waals surface area contributed by atoms with E-state index in [-0.39, 0.29) is 17.7 Å². The van der Waals surface area contributed by atoms with Crippen LogP contribution >= 0.6 is 0 Å². The van der Waals surface area contributed by atoms with Crippen molar-refractivity contribution in [1.82, 2.24) is 19.3 Å². The van der Waals surface area contributed by atoms with Crippen molar-refractivity contribution in [3.8, 4) is 0 Å². The van der Waals surface area contributed by atoms with Crippen molar-refractivity contribution < 1.29 is 22.5 Å². The van der Waals surface area contributed by atoms with Crippen LogP contribution in [0.15, 0.2) is 10.6 Å². The van der Waals surface area contributed by atoms with Gasteiger partial charge in [0.05, 0.1) is 6.26 Å². The molecule has 0 aliphatic carbocycles. The molecule has 27 heavy (non-hydrogen) atoms. The van der Waals surface area contributed by atoms with Crippen molar-refractivity contribution in [2.45, 2.75) is 26.2 Å². The Hall–Kier alpha value is -1.94. The molecule has 0 radical (unpaired) electrons. The molecule has 2 fully saturated rings. The number of nitrogens with zero attached hydrogens (tertiary/aromatic N) is 4. The second kappa shape index (κ2) is 7.97. The Bertz CT molecular complexity index is 798. The highest BCUT2D eigenvalue weighted by molar-refractivity contribution is 7.88. The molecular formula is C17H26N4O5S. The summed E-state index contributed by atoms with van der Waals surface area (Å²) in [6, 6.07) is 1.62. The smallest absolute Gasteiger partial charge is 0.276 e. The quantitative estimate of drug-likeness (QED) is 0.727. The van der Waals surface area contributed by atoms with E-state index in [4.69, 9.17) is 4.52 Å². The summed E-state index contributed by atoms with van der Waals surface area (Å²) in [4.78, 5) is 28.9. The normalized spacial score (nSPS) is 20.5. The molecule has 0 saturated carbocycles. The van der Waals surface area contributed by atoms with Gasteiger partial charge in [-0.2, -0.15) is 0 Å². The number of carbonyl (C=O) groups is 2. The fourth-order valence-corrected chi connectivity index (χ4v) is 4.54. The number of piperidine rings is 1. The first kappa shape index (κ1) is 19.8. The van der Waals surface area contributed by atoms with Crippen LogP contribution in [0.4, 0.5) is 0 Å². The molecule has 1 aromatic rings. The summed E-state index contributed by atoms with van der Waals surface area (Å²) >= 11 is 0. The maximum Gasteiger partial charge on any atom is 0.276 e. The van der Waals surface area contributed by atoms with Crippen LogP contribution in [0, 0.1) is 12.8 Å². The minimum absolute atomic E-state index is 0.0646. The fourth-order valence-electron chi connectivity index (χ4n) is 3.66. The predicted molar refractivity (Wildman–Crippen MR) is 97.5 cm³/mol. The summed E-state index contributed by atoms with van der Waals surface area (Å²) in [5.41, 5.74) is 0.292. The molecule has 9 nitrogen and oxygen atoms in total. The topological polar surface area (TPSA) is 104 Å². The Morgan fingerprint density at radius 3 is 2.30 bits per heavy atom. The lowest BCUT2D eigenvalue weighted by Crippen LogP contribution is -2.45. The van der Waals surface area contributed by atoms with E-state index in [0.29, 0.717) is 70.0 Å². The Morgan fingerprint density at radius 2 is 1.70 bits per heavy atom. The molecule has 0 atom stereocenters. The van der Waals surface area contributed by atoms with E-state index < -0.39 is 10.0 Å². The van der Waals surface area contributed by atoms with Gasteiger partial charge in [0.15, 0.2) is 5.69 Å². The summed E-state index contributed by atoms with van der Waals surface area (Å²) in [7, 11) is -3.20. The zero-order chi connectivity index (χ0) is 19.6. The van der Waals surface area contributed by atoms with Gasteiger partial charge in [0.25, 0.3) is 5.91 Å². The summed E-state index contributed by atoms with van der Waals surface area (Å²) < 4.78 is 29.6. The van der Waals surface area contributed by atoms with Gasteiger partial charge < -0.3 is 14.3 Å². The summed E-state index contributed by atoms with van der Waals surface area (Å²) in [6.07, 6.45) is 2.99. The molecule has 2 saturated heterocycles. The van der Waals surface area contributed by atoms with Crippen LogP contribution in [0.1, 0.15) is 35.5 Å². The fraction of sp³-hybridized carbons (Fsp3) is 0.706. The van der Waals surface area contributed by atoms with E-state index in [9.17, 15) is 18.0 Å². The molecule has 0 aromatic carbocycles. The van der Waals surface area contributed by atoms with E-state index in [1.165, 1.54) is 10.6 Å². The second-order valence-electron chi connectivity index (χ2n) is 7.23. The maximum absolute atomic E-state index is 12.8. The lowest BCUT2D eigenvalue weighted by atomic mass is 9.96. The van der Waals surface area contributed by atoms with Crippen LogP contribution in [0.2, 0.25) is 0 Å². The number of hydrogen-bond donors (Lipinski definition) is 0. The summed E-state index contributed by atoms with van der Waals surface area (Å²) in [5, 5.41) is 3.78. The third kappa shape index (κ3) is 4.67. The van der Waals surface area contributed by atoms with Crippen LogP contribution < -0.4 is 0 Å². The minimum atomic E-state index is -3.20. The highest BCUT2D eigenvalue weighted by Crippen LogP contribution is 2.22. The molecule has 0 N–H and O–H groups in total. The molecule has 2 amide bonds. The van der Waals surface area contributed by atoms with Crippen LogP contribution in [0.3, 0.4) is 0 Å². The molecule has 150 valence electrons. The Kier molecular flexibility index (Phi) is 5.85. The summed E-state index contributed by atoms with van der Waals surface area (Å²) in [5.74, 6) is 0.325. The molecule has 10 heteroatoms. The number of amides is 2. The first-order valence-corrected chi connectivity index (χ1v) is 11.1. The molecule has 2 aliphatic heterocycles. The largest absolute Gasteiger partial charge is 0.361 e. The SMILES string of the molecule is Cc1cc(C(=O)N2CCCN(C(=O)C3CCN(S(C)(=O)=O)CC3)CC2)no1. The van der Waals surface area contributed by atoms with Crippen molar-refractivity contribution in [3.05, 3.63) is 17.5 Å². The summed E-state index contributed by atoms with van der Waals surface area (Å²) in [6.45, 7) is 4.63. The van der Waals surface area contributed by atoms with Gasteiger partial charge in [-0.3, -0.25) is 9.59 Å². The van der Waals surface area contributed by atoms with Crippen LogP contribution in [0.25, 0.3) is 0 Å². The van der Waals surface area contributed by atoms with Gasteiger partial charge in [0.2, 0.25) is 15.9 Å². The number of aromatic nitrogens is 1. The minimum Gasteiger partial charge on any atom is -0.361 e. The molecule has 0 bridgehead atoms. The van der Waals surface area contributed by atoms with E-state index in [1.807, 2.05) is 4.90 Å². The number of carbonyl (C=O) groups excluding carboxylic acids is 2.